The quantitative estimate of drug-likeness (QED) is 0.259. The fourth-order valence-corrected chi connectivity index (χ4v) is 4.51. The number of furan rings is 1. The molecule has 0 N–H and O–H groups in total. The summed E-state index contributed by atoms with van der Waals surface area (Å²) in [6, 6.07) is 9.06. The second-order valence-electron chi connectivity index (χ2n) is 6.83. The molecule has 0 bridgehead atoms. The van der Waals surface area contributed by atoms with Gasteiger partial charge in [-0.25, -0.2) is 15.0 Å². The van der Waals surface area contributed by atoms with Crippen LogP contribution in [0.15, 0.2) is 46.1 Å². The van der Waals surface area contributed by atoms with Gasteiger partial charge in [-0.2, -0.15) is 0 Å². The Morgan fingerprint density at radius 1 is 1.14 bits per heavy atom. The van der Waals surface area contributed by atoms with Gasteiger partial charge in [0.05, 0.1) is 11.1 Å². The normalized spacial score (nSPS) is 13.8. The molecule has 3 heterocycles. The van der Waals surface area contributed by atoms with Crippen LogP contribution in [0.25, 0.3) is 22.2 Å². The fourth-order valence-electron chi connectivity index (χ4n) is 3.56. The standard InChI is InChI=1S/C21H16ClN3O2S/c22-14-7-5-12(6-8-14)17(26)10-28-21-19-18(23-11-24-21)15-9-13-3-1-2-4-16(13)25-20(15)27-19/h5-9,11H,1-4,10H2. The Kier molecular flexibility index (Phi) is 4.53. The minimum absolute atomic E-state index is 0.0122. The third-order valence-electron chi connectivity index (χ3n) is 5.00. The SMILES string of the molecule is O=C(CSc1ncnc2c1oc1nc3c(cc12)CCCC3)c1ccc(Cl)cc1. The monoisotopic (exact) mass is 409 g/mol. The highest BCUT2D eigenvalue weighted by Gasteiger charge is 2.19. The number of Topliss-reactive ketones (excluding diaryl/α,β-unsaturated/α-hetero) is 1. The lowest BCUT2D eigenvalue weighted by Gasteiger charge is -2.13. The number of nitrogens with zero attached hydrogens (tertiary/aromatic N) is 3. The van der Waals surface area contributed by atoms with Crippen molar-refractivity contribution in [1.29, 1.82) is 0 Å². The van der Waals surface area contributed by atoms with Crippen molar-refractivity contribution in [2.24, 2.45) is 0 Å². The second-order valence-corrected chi connectivity index (χ2v) is 8.23. The van der Waals surface area contributed by atoms with E-state index in [1.807, 2.05) is 0 Å². The zero-order valence-electron chi connectivity index (χ0n) is 14.9. The van der Waals surface area contributed by atoms with Gasteiger partial charge in [0.25, 0.3) is 0 Å². The molecule has 5 rings (SSSR count). The van der Waals surface area contributed by atoms with Crippen LogP contribution in [0, 0.1) is 0 Å². The maximum Gasteiger partial charge on any atom is 0.229 e. The Hall–Kier alpha value is -2.44. The average molecular weight is 410 g/mol. The lowest BCUT2D eigenvalue weighted by atomic mass is 9.95. The molecule has 0 fully saturated rings. The van der Waals surface area contributed by atoms with Gasteiger partial charge >= 0.3 is 0 Å². The summed E-state index contributed by atoms with van der Waals surface area (Å²) in [5.41, 5.74) is 4.99. The van der Waals surface area contributed by atoms with Gasteiger partial charge in [-0.1, -0.05) is 23.4 Å². The summed E-state index contributed by atoms with van der Waals surface area (Å²) in [4.78, 5) is 25.9. The van der Waals surface area contributed by atoms with Gasteiger partial charge in [0.2, 0.25) is 5.71 Å². The van der Waals surface area contributed by atoms with Crippen LogP contribution < -0.4 is 0 Å². The van der Waals surface area contributed by atoms with Gasteiger partial charge in [0, 0.05) is 16.3 Å². The van der Waals surface area contributed by atoms with E-state index in [9.17, 15) is 4.79 Å². The zero-order valence-corrected chi connectivity index (χ0v) is 16.5. The molecule has 0 radical (unpaired) electrons. The minimum atomic E-state index is 0.0122. The number of ketones is 1. The Bertz CT molecular complexity index is 1200. The molecule has 1 aliphatic carbocycles. The topological polar surface area (TPSA) is 68.9 Å². The van der Waals surface area contributed by atoms with Gasteiger partial charge in [-0.15, -0.1) is 0 Å². The van der Waals surface area contributed by atoms with Crippen LogP contribution in [0.3, 0.4) is 0 Å². The third kappa shape index (κ3) is 3.16. The molecule has 0 aliphatic heterocycles. The maximum atomic E-state index is 12.5. The average Bonchev–Trinajstić information content (AvgIpc) is 3.09. The summed E-state index contributed by atoms with van der Waals surface area (Å²) in [6.07, 6.45) is 5.92. The second kappa shape index (κ2) is 7.18. The van der Waals surface area contributed by atoms with Crippen molar-refractivity contribution in [3.8, 4) is 0 Å². The predicted molar refractivity (Wildman–Crippen MR) is 110 cm³/mol. The largest absolute Gasteiger partial charge is 0.433 e. The van der Waals surface area contributed by atoms with E-state index in [1.165, 1.54) is 36.5 Å². The summed E-state index contributed by atoms with van der Waals surface area (Å²) >= 11 is 7.24. The molecule has 4 aromatic rings. The van der Waals surface area contributed by atoms with Crippen LogP contribution >= 0.6 is 23.4 Å². The highest BCUT2D eigenvalue weighted by molar-refractivity contribution is 8.00. The van der Waals surface area contributed by atoms with Crippen molar-refractivity contribution < 1.29 is 9.21 Å². The van der Waals surface area contributed by atoms with E-state index in [1.54, 1.807) is 24.3 Å². The number of fused-ring (bicyclic) bond motifs is 4. The summed E-state index contributed by atoms with van der Waals surface area (Å²) in [5, 5.41) is 2.19. The summed E-state index contributed by atoms with van der Waals surface area (Å²) < 4.78 is 6.02. The maximum absolute atomic E-state index is 12.5. The van der Waals surface area contributed by atoms with Crippen LogP contribution in [0.5, 0.6) is 0 Å². The van der Waals surface area contributed by atoms with Gasteiger partial charge in [0.15, 0.2) is 11.4 Å². The molecule has 3 aromatic heterocycles. The number of pyridine rings is 1. The lowest BCUT2D eigenvalue weighted by Crippen LogP contribution is -2.04. The van der Waals surface area contributed by atoms with Gasteiger partial charge in [0.1, 0.15) is 16.9 Å². The Morgan fingerprint density at radius 3 is 2.82 bits per heavy atom. The number of hydrogen-bond acceptors (Lipinski definition) is 6. The van der Waals surface area contributed by atoms with Crippen molar-refractivity contribution in [1.82, 2.24) is 15.0 Å². The van der Waals surface area contributed by atoms with Crippen molar-refractivity contribution >= 4 is 51.3 Å². The number of thioether (sulfide) groups is 1. The molecule has 0 unspecified atom stereocenters. The van der Waals surface area contributed by atoms with Crippen molar-refractivity contribution in [2.75, 3.05) is 5.75 Å². The van der Waals surface area contributed by atoms with Gasteiger partial charge in [-0.05, 0) is 61.6 Å². The molecular weight excluding hydrogens is 394 g/mol. The molecule has 0 saturated heterocycles. The molecule has 28 heavy (non-hydrogen) atoms. The van der Waals surface area contributed by atoms with Crippen molar-refractivity contribution in [3.63, 3.8) is 0 Å². The van der Waals surface area contributed by atoms with E-state index in [0.717, 1.165) is 29.4 Å². The number of rotatable bonds is 4. The van der Waals surface area contributed by atoms with E-state index in [-0.39, 0.29) is 11.5 Å². The third-order valence-corrected chi connectivity index (χ3v) is 6.22. The molecule has 0 atom stereocenters. The minimum Gasteiger partial charge on any atom is -0.433 e. The highest BCUT2D eigenvalue weighted by Crippen LogP contribution is 2.34. The molecule has 7 heteroatoms. The molecule has 140 valence electrons. The number of hydrogen-bond donors (Lipinski definition) is 0. The smallest absolute Gasteiger partial charge is 0.229 e. The number of aryl methyl sites for hydroxylation is 2. The van der Waals surface area contributed by atoms with E-state index in [2.05, 4.69) is 16.0 Å². The fraction of sp³-hybridized carbons (Fsp3) is 0.238. The zero-order chi connectivity index (χ0) is 19.1. The van der Waals surface area contributed by atoms with Crippen LogP contribution in [-0.2, 0) is 12.8 Å². The molecule has 0 spiro atoms. The van der Waals surface area contributed by atoms with E-state index in [0.29, 0.717) is 26.9 Å². The molecule has 0 amide bonds. The van der Waals surface area contributed by atoms with Gasteiger partial charge in [-0.3, -0.25) is 4.79 Å². The van der Waals surface area contributed by atoms with Crippen LogP contribution in [0.1, 0.15) is 34.5 Å². The van der Waals surface area contributed by atoms with Crippen molar-refractivity contribution in [3.05, 3.63) is 58.5 Å². The Morgan fingerprint density at radius 2 is 1.96 bits per heavy atom. The number of carbonyl (C=O) groups excluding carboxylic acids is 1. The first kappa shape index (κ1) is 17.6. The van der Waals surface area contributed by atoms with Gasteiger partial charge < -0.3 is 4.42 Å². The van der Waals surface area contributed by atoms with Crippen molar-refractivity contribution in [2.45, 2.75) is 30.7 Å². The van der Waals surface area contributed by atoms with E-state index >= 15 is 0 Å². The predicted octanol–water partition coefficient (Wildman–Crippen LogP) is 5.28. The molecule has 1 aliphatic rings. The first-order valence-electron chi connectivity index (χ1n) is 9.16. The Balaban J connectivity index is 1.47. The number of benzene rings is 1. The van der Waals surface area contributed by atoms with E-state index in [4.69, 9.17) is 21.0 Å². The summed E-state index contributed by atoms with van der Waals surface area (Å²) in [6.45, 7) is 0. The first-order chi connectivity index (χ1) is 13.7. The summed E-state index contributed by atoms with van der Waals surface area (Å²) in [7, 11) is 0. The van der Waals surface area contributed by atoms with E-state index < -0.39 is 0 Å². The molecule has 0 saturated carbocycles. The van der Waals surface area contributed by atoms with Crippen LogP contribution in [-0.4, -0.2) is 26.5 Å². The summed E-state index contributed by atoms with van der Waals surface area (Å²) in [5.74, 6) is 0.271. The lowest BCUT2D eigenvalue weighted by molar-refractivity contribution is 0.102. The first-order valence-corrected chi connectivity index (χ1v) is 10.5. The number of aromatic nitrogens is 3. The number of halogens is 1. The molecular formula is C21H16ClN3O2S. The van der Waals surface area contributed by atoms with Crippen LogP contribution in [0.2, 0.25) is 5.02 Å². The Labute approximate surface area is 170 Å². The number of carbonyl (C=O) groups is 1. The molecule has 1 aromatic carbocycles. The highest BCUT2D eigenvalue weighted by atomic mass is 35.5. The molecule has 5 nitrogen and oxygen atoms in total. The van der Waals surface area contributed by atoms with Crippen LogP contribution in [0.4, 0.5) is 0 Å².